The summed E-state index contributed by atoms with van der Waals surface area (Å²) >= 11 is 5.40. The smallest absolute Gasteiger partial charge is 0.234 e. The van der Waals surface area contributed by atoms with Gasteiger partial charge in [-0.05, 0) is 18.1 Å². The Labute approximate surface area is 113 Å². The fourth-order valence-electron chi connectivity index (χ4n) is 2.02. The van der Waals surface area contributed by atoms with Gasteiger partial charge >= 0.3 is 0 Å². The van der Waals surface area contributed by atoms with Crippen LogP contribution in [-0.4, -0.2) is 31.4 Å². The van der Waals surface area contributed by atoms with Gasteiger partial charge in [0.2, 0.25) is 5.91 Å². The third kappa shape index (κ3) is 3.51. The molecule has 0 radical (unpaired) electrons. The summed E-state index contributed by atoms with van der Waals surface area (Å²) in [5.41, 5.74) is 2.69. The van der Waals surface area contributed by atoms with E-state index in [1.54, 1.807) is 0 Å². The highest BCUT2D eigenvalue weighted by Crippen LogP contribution is 2.26. The molecular formula is C12H16Cl2N2O. The molecule has 1 N–H and O–H groups in total. The lowest BCUT2D eigenvalue weighted by molar-refractivity contribution is -0.118. The molecule has 0 saturated heterocycles. The molecule has 0 aromatic heterocycles. The molecule has 0 fully saturated rings. The van der Waals surface area contributed by atoms with Gasteiger partial charge in [-0.3, -0.25) is 4.79 Å². The third-order valence-corrected chi connectivity index (χ3v) is 3.05. The van der Waals surface area contributed by atoms with Gasteiger partial charge in [-0.2, -0.15) is 0 Å². The highest BCUT2D eigenvalue weighted by Gasteiger charge is 2.17. The number of rotatable bonds is 4. The number of benzene rings is 1. The molecule has 1 aromatic rings. The molecule has 5 heteroatoms. The first kappa shape index (κ1) is 14.1. The predicted octanol–water partition coefficient (Wildman–Crippen LogP) is 1.83. The van der Waals surface area contributed by atoms with Gasteiger partial charge in [0.1, 0.15) is 5.88 Å². The molecule has 0 spiro atoms. The summed E-state index contributed by atoms with van der Waals surface area (Å²) in [6.07, 6.45) is 1.10. The van der Waals surface area contributed by atoms with Gasteiger partial charge in [0.15, 0.2) is 0 Å². The minimum absolute atomic E-state index is 0. The molecule has 1 amide bonds. The van der Waals surface area contributed by atoms with Crippen molar-refractivity contribution >= 4 is 35.6 Å². The van der Waals surface area contributed by atoms with Gasteiger partial charge in [-0.1, -0.05) is 18.2 Å². The zero-order chi connectivity index (χ0) is 11.4. The largest absolute Gasteiger partial charge is 0.369 e. The summed E-state index contributed by atoms with van der Waals surface area (Å²) < 4.78 is 0. The van der Waals surface area contributed by atoms with E-state index in [9.17, 15) is 4.79 Å². The monoisotopic (exact) mass is 274 g/mol. The van der Waals surface area contributed by atoms with Gasteiger partial charge in [-0.15, -0.1) is 24.0 Å². The van der Waals surface area contributed by atoms with Gasteiger partial charge in [0.25, 0.3) is 0 Å². The number of hydrogen-bond acceptors (Lipinski definition) is 2. The Morgan fingerprint density at radius 1 is 1.41 bits per heavy atom. The van der Waals surface area contributed by atoms with E-state index >= 15 is 0 Å². The van der Waals surface area contributed by atoms with Crippen LogP contribution in [0.25, 0.3) is 0 Å². The first-order valence-electron chi connectivity index (χ1n) is 5.47. The number of fused-ring (bicyclic) bond motifs is 1. The summed E-state index contributed by atoms with van der Waals surface area (Å²) in [5, 5.41) is 2.78. The number of para-hydroxylation sites is 1. The Bertz CT molecular complexity index is 385. The lowest BCUT2D eigenvalue weighted by Crippen LogP contribution is -2.34. The molecule has 0 bridgehead atoms. The van der Waals surface area contributed by atoms with E-state index in [1.165, 1.54) is 11.3 Å². The number of hydrogen-bond donors (Lipinski definition) is 1. The van der Waals surface area contributed by atoms with Crippen LogP contribution in [0.3, 0.4) is 0 Å². The first-order chi connectivity index (χ1) is 7.81. The molecule has 94 valence electrons. The topological polar surface area (TPSA) is 32.3 Å². The molecule has 3 nitrogen and oxygen atoms in total. The van der Waals surface area contributed by atoms with Crippen LogP contribution in [0.2, 0.25) is 0 Å². The SMILES string of the molecule is Cl.O=C(CCl)NCCN1CCc2ccccc21. The second kappa shape index (κ2) is 6.72. The molecule has 0 aliphatic carbocycles. The number of halogens is 2. The van der Waals surface area contributed by atoms with Crippen molar-refractivity contribution in [1.82, 2.24) is 5.32 Å². The maximum atomic E-state index is 11.0. The minimum Gasteiger partial charge on any atom is -0.369 e. The molecule has 0 atom stereocenters. The minimum atomic E-state index is -0.103. The van der Waals surface area contributed by atoms with E-state index in [4.69, 9.17) is 11.6 Å². The number of anilines is 1. The standard InChI is InChI=1S/C12H15ClN2O.ClH/c13-9-12(16)14-6-8-15-7-5-10-3-1-2-4-11(10)15;/h1-4H,5-9H2,(H,14,16);1H. The molecule has 0 saturated carbocycles. The van der Waals surface area contributed by atoms with Gasteiger partial charge in [-0.25, -0.2) is 0 Å². The Hall–Kier alpha value is -0.930. The third-order valence-electron chi connectivity index (χ3n) is 2.81. The molecule has 0 unspecified atom stereocenters. The molecule has 17 heavy (non-hydrogen) atoms. The second-order valence-electron chi connectivity index (χ2n) is 3.85. The Morgan fingerprint density at radius 2 is 2.18 bits per heavy atom. The van der Waals surface area contributed by atoms with E-state index in [0.717, 1.165) is 19.5 Å². The van der Waals surface area contributed by atoms with E-state index in [2.05, 4.69) is 34.5 Å². The van der Waals surface area contributed by atoms with Crippen molar-refractivity contribution in [2.75, 3.05) is 30.4 Å². The Morgan fingerprint density at radius 3 is 2.94 bits per heavy atom. The lowest BCUT2D eigenvalue weighted by Gasteiger charge is -2.19. The van der Waals surface area contributed by atoms with E-state index < -0.39 is 0 Å². The number of carbonyl (C=O) groups is 1. The number of nitrogens with one attached hydrogen (secondary N) is 1. The Balaban J connectivity index is 0.00000144. The van der Waals surface area contributed by atoms with Crippen LogP contribution in [0.15, 0.2) is 24.3 Å². The molecular weight excluding hydrogens is 259 g/mol. The van der Waals surface area contributed by atoms with Gasteiger partial charge in [0.05, 0.1) is 0 Å². The average molecular weight is 275 g/mol. The normalized spacial score (nSPS) is 12.9. The van der Waals surface area contributed by atoms with Crippen LogP contribution in [0, 0.1) is 0 Å². The van der Waals surface area contributed by atoms with Crippen molar-refractivity contribution in [3.8, 4) is 0 Å². The van der Waals surface area contributed by atoms with Gasteiger partial charge < -0.3 is 10.2 Å². The van der Waals surface area contributed by atoms with Crippen LogP contribution in [0.5, 0.6) is 0 Å². The zero-order valence-corrected chi connectivity index (χ0v) is 11.1. The van der Waals surface area contributed by atoms with Crippen molar-refractivity contribution in [2.45, 2.75) is 6.42 Å². The van der Waals surface area contributed by atoms with Crippen molar-refractivity contribution in [3.63, 3.8) is 0 Å². The van der Waals surface area contributed by atoms with E-state index in [0.29, 0.717) is 6.54 Å². The van der Waals surface area contributed by atoms with Gasteiger partial charge in [0, 0.05) is 25.3 Å². The fraction of sp³-hybridized carbons (Fsp3) is 0.417. The maximum Gasteiger partial charge on any atom is 0.234 e. The summed E-state index contributed by atoms with van der Waals surface area (Å²) in [7, 11) is 0. The Kier molecular flexibility index (Phi) is 5.59. The molecule has 1 aromatic carbocycles. The van der Waals surface area contributed by atoms with Crippen LogP contribution < -0.4 is 10.2 Å². The van der Waals surface area contributed by atoms with E-state index in [-0.39, 0.29) is 24.2 Å². The second-order valence-corrected chi connectivity index (χ2v) is 4.12. The summed E-state index contributed by atoms with van der Waals surface area (Å²) in [6.45, 7) is 2.54. The first-order valence-corrected chi connectivity index (χ1v) is 6.00. The van der Waals surface area contributed by atoms with Crippen molar-refractivity contribution in [1.29, 1.82) is 0 Å². The lowest BCUT2D eigenvalue weighted by atomic mass is 10.2. The molecule has 2 rings (SSSR count). The zero-order valence-electron chi connectivity index (χ0n) is 9.49. The number of amides is 1. The highest BCUT2D eigenvalue weighted by molar-refractivity contribution is 6.27. The van der Waals surface area contributed by atoms with E-state index in [1.807, 2.05) is 0 Å². The molecule has 1 heterocycles. The summed E-state index contributed by atoms with van der Waals surface area (Å²) in [5.74, 6) is -0.0644. The summed E-state index contributed by atoms with van der Waals surface area (Å²) in [6, 6.07) is 8.41. The highest BCUT2D eigenvalue weighted by atomic mass is 35.5. The van der Waals surface area contributed by atoms with Crippen LogP contribution in [-0.2, 0) is 11.2 Å². The van der Waals surface area contributed by atoms with Crippen molar-refractivity contribution < 1.29 is 4.79 Å². The average Bonchev–Trinajstić information content (AvgIpc) is 2.73. The number of nitrogens with zero attached hydrogens (tertiary/aromatic N) is 1. The van der Waals surface area contributed by atoms with Crippen LogP contribution in [0.1, 0.15) is 5.56 Å². The van der Waals surface area contributed by atoms with Crippen molar-refractivity contribution in [3.05, 3.63) is 29.8 Å². The quantitative estimate of drug-likeness (QED) is 0.850. The van der Waals surface area contributed by atoms with Crippen LogP contribution >= 0.6 is 24.0 Å². The van der Waals surface area contributed by atoms with Crippen molar-refractivity contribution in [2.24, 2.45) is 0 Å². The maximum absolute atomic E-state index is 11.0. The fourth-order valence-corrected chi connectivity index (χ4v) is 2.11. The molecule has 1 aliphatic rings. The molecule has 1 aliphatic heterocycles. The van der Waals surface area contributed by atoms with Crippen LogP contribution in [0.4, 0.5) is 5.69 Å². The number of alkyl halides is 1. The predicted molar refractivity (Wildman–Crippen MR) is 73.3 cm³/mol. The number of carbonyl (C=O) groups excluding carboxylic acids is 1. The summed E-state index contributed by atoms with van der Waals surface area (Å²) in [4.78, 5) is 13.3.